The molecule has 8 nitrogen and oxygen atoms in total. The maximum atomic E-state index is 12.8. The van der Waals surface area contributed by atoms with Crippen molar-refractivity contribution in [1.82, 2.24) is 20.2 Å². The summed E-state index contributed by atoms with van der Waals surface area (Å²) in [5.74, 6) is 6.50. The molecule has 0 aliphatic carbocycles. The van der Waals surface area contributed by atoms with E-state index in [4.69, 9.17) is 15.2 Å². The number of aromatic amines is 1. The highest BCUT2D eigenvalue weighted by Crippen LogP contribution is 2.36. The Balaban J connectivity index is 1.55. The Morgan fingerprint density at radius 2 is 1.84 bits per heavy atom. The molecular weight excluding hydrogens is 483 g/mol. The number of nitrogens with two attached hydrogens (primary N) is 1. The quantitative estimate of drug-likeness (QED) is 0.187. The highest BCUT2D eigenvalue weighted by atomic mass is 19.4. The van der Waals surface area contributed by atoms with Gasteiger partial charge in [-0.1, -0.05) is 31.9 Å². The zero-order valence-electron chi connectivity index (χ0n) is 20.7. The lowest BCUT2D eigenvalue weighted by Crippen LogP contribution is -2.25. The number of alkyl halides is 3. The van der Waals surface area contributed by atoms with Crippen molar-refractivity contribution in [2.24, 2.45) is 5.84 Å². The van der Waals surface area contributed by atoms with Gasteiger partial charge in [0.15, 0.2) is 0 Å². The van der Waals surface area contributed by atoms with E-state index < -0.39 is 18.1 Å². The van der Waals surface area contributed by atoms with Crippen molar-refractivity contribution in [1.29, 1.82) is 0 Å². The van der Waals surface area contributed by atoms with Crippen molar-refractivity contribution >= 4 is 39.2 Å². The normalized spacial score (nSPS) is 12.4. The van der Waals surface area contributed by atoms with Crippen molar-refractivity contribution in [2.45, 2.75) is 39.3 Å². The summed E-state index contributed by atoms with van der Waals surface area (Å²) in [6.45, 7) is 6.70. The lowest BCUT2D eigenvalue weighted by atomic mass is 9.84. The van der Waals surface area contributed by atoms with Crippen LogP contribution in [0.2, 0.25) is 0 Å². The van der Waals surface area contributed by atoms with Crippen LogP contribution in [0.1, 0.15) is 31.9 Å². The predicted octanol–water partition coefficient (Wildman–Crippen LogP) is 6.36. The van der Waals surface area contributed by atoms with Gasteiger partial charge in [-0.15, -0.1) is 5.10 Å². The second kappa shape index (κ2) is 8.77. The fourth-order valence-corrected chi connectivity index (χ4v) is 4.27. The average Bonchev–Trinajstić information content (AvgIpc) is 3.50. The van der Waals surface area contributed by atoms with Crippen LogP contribution in [0.3, 0.4) is 0 Å². The summed E-state index contributed by atoms with van der Waals surface area (Å²) in [6, 6.07) is 12.8. The Morgan fingerprint density at radius 1 is 1.05 bits per heavy atom. The molecule has 5 rings (SSSR count). The average molecular weight is 510 g/mol. The molecule has 0 amide bonds. The molecule has 0 saturated carbocycles. The monoisotopic (exact) mass is 509 g/mol. The number of benzene rings is 2. The van der Waals surface area contributed by atoms with E-state index in [-0.39, 0.29) is 11.9 Å². The Hall–Kier alpha value is -4.12. The second-order valence-corrected chi connectivity index (χ2v) is 9.94. The molecule has 0 radical (unpaired) electrons. The van der Waals surface area contributed by atoms with Crippen molar-refractivity contribution in [3.8, 4) is 11.6 Å². The van der Waals surface area contributed by atoms with Gasteiger partial charge in [0, 0.05) is 28.2 Å². The first-order valence-electron chi connectivity index (χ1n) is 11.6. The van der Waals surface area contributed by atoms with Crippen molar-refractivity contribution in [2.75, 3.05) is 16.9 Å². The summed E-state index contributed by atoms with van der Waals surface area (Å²) in [4.78, 5) is 7.94. The lowest BCUT2D eigenvalue weighted by Gasteiger charge is -2.23. The van der Waals surface area contributed by atoms with Gasteiger partial charge in [0.05, 0.1) is 11.2 Å². The molecule has 0 aliphatic rings. The van der Waals surface area contributed by atoms with Gasteiger partial charge in [0.1, 0.15) is 12.2 Å². The number of anilines is 3. The second-order valence-electron chi connectivity index (χ2n) is 9.94. The number of rotatable bonds is 5. The largest absolute Gasteiger partial charge is 0.405 e. The molecule has 0 saturated heterocycles. The van der Waals surface area contributed by atoms with Crippen LogP contribution >= 0.6 is 0 Å². The molecule has 5 aromatic rings. The van der Waals surface area contributed by atoms with Crippen molar-refractivity contribution in [3.63, 3.8) is 0 Å². The molecule has 0 bridgehead atoms. The van der Waals surface area contributed by atoms with Gasteiger partial charge in [0.2, 0.25) is 0 Å². The highest BCUT2D eigenvalue weighted by molar-refractivity contribution is 5.93. The number of nitrogens with zero attached hydrogens (tertiary/aromatic N) is 4. The van der Waals surface area contributed by atoms with E-state index in [1.54, 1.807) is 18.2 Å². The molecule has 11 heteroatoms. The lowest BCUT2D eigenvalue weighted by molar-refractivity contribution is -0.115. The van der Waals surface area contributed by atoms with Crippen LogP contribution in [0.4, 0.5) is 30.6 Å². The van der Waals surface area contributed by atoms with Gasteiger partial charge in [-0.05, 0) is 59.9 Å². The summed E-state index contributed by atoms with van der Waals surface area (Å²) in [5, 5.41) is 13.7. The van der Waals surface area contributed by atoms with Gasteiger partial charge >= 0.3 is 12.2 Å². The molecule has 0 fully saturated rings. The fourth-order valence-electron chi connectivity index (χ4n) is 4.27. The van der Waals surface area contributed by atoms with Crippen LogP contribution in [-0.4, -0.2) is 32.9 Å². The van der Waals surface area contributed by atoms with Crippen LogP contribution < -0.4 is 16.2 Å². The van der Waals surface area contributed by atoms with Crippen LogP contribution in [0.15, 0.2) is 53.1 Å². The van der Waals surface area contributed by atoms with Gasteiger partial charge in [-0.3, -0.25) is 0 Å². The van der Waals surface area contributed by atoms with E-state index in [1.807, 2.05) is 58.2 Å². The molecule has 0 spiro atoms. The number of nitrogens with one attached hydrogen (secondary N) is 2. The summed E-state index contributed by atoms with van der Waals surface area (Å²) in [7, 11) is 0. The number of hydrogen-bond donors (Lipinski definition) is 3. The van der Waals surface area contributed by atoms with E-state index in [1.165, 1.54) is 5.01 Å². The van der Waals surface area contributed by atoms with E-state index in [0.29, 0.717) is 22.6 Å². The number of aryl methyl sites for hydroxylation is 1. The minimum atomic E-state index is -4.33. The Kier molecular flexibility index (Phi) is 5.82. The zero-order valence-corrected chi connectivity index (χ0v) is 20.7. The molecule has 192 valence electrons. The number of fused-ring (bicyclic) bond motifs is 2. The van der Waals surface area contributed by atoms with Crippen LogP contribution in [-0.2, 0) is 5.41 Å². The van der Waals surface area contributed by atoms with Crippen LogP contribution in [0, 0.1) is 6.92 Å². The number of halogens is 3. The summed E-state index contributed by atoms with van der Waals surface area (Å²) >= 11 is 0. The Bertz CT molecular complexity index is 1600. The maximum absolute atomic E-state index is 12.8. The predicted molar refractivity (Wildman–Crippen MR) is 138 cm³/mol. The van der Waals surface area contributed by atoms with Crippen molar-refractivity contribution < 1.29 is 17.6 Å². The molecule has 3 heterocycles. The summed E-state index contributed by atoms with van der Waals surface area (Å²) in [5.41, 5.74) is 4.28. The SMILES string of the molecule is Cc1cc(-c2nnc(N(N)c3cccc4[nH]ccc34)o2)nc2c(C(C)(C)C)cc(NCC(F)(F)F)cc12. The maximum Gasteiger partial charge on any atom is 0.405 e. The molecule has 0 unspecified atom stereocenters. The van der Waals surface area contributed by atoms with Gasteiger partial charge in [-0.25, -0.2) is 15.8 Å². The smallest absolute Gasteiger partial charge is 0.400 e. The van der Waals surface area contributed by atoms with E-state index in [9.17, 15) is 13.2 Å². The third kappa shape index (κ3) is 4.82. The summed E-state index contributed by atoms with van der Waals surface area (Å²) < 4.78 is 44.4. The van der Waals surface area contributed by atoms with Crippen LogP contribution in [0.25, 0.3) is 33.4 Å². The minimum Gasteiger partial charge on any atom is -0.400 e. The van der Waals surface area contributed by atoms with Gasteiger partial charge in [0.25, 0.3) is 5.89 Å². The molecule has 2 aromatic carbocycles. The van der Waals surface area contributed by atoms with E-state index in [0.717, 1.165) is 27.4 Å². The Labute approximate surface area is 210 Å². The number of pyridine rings is 1. The topological polar surface area (TPSA) is 109 Å². The number of hydrazine groups is 1. The van der Waals surface area contributed by atoms with E-state index in [2.05, 4.69) is 20.5 Å². The molecule has 37 heavy (non-hydrogen) atoms. The first-order chi connectivity index (χ1) is 17.4. The third-order valence-electron chi connectivity index (χ3n) is 6.09. The number of hydrogen-bond acceptors (Lipinski definition) is 7. The Morgan fingerprint density at radius 3 is 2.57 bits per heavy atom. The minimum absolute atomic E-state index is 0.0889. The standard InChI is InChI=1S/C26H26F3N7O/c1-14-10-20(23-34-35-24(37-23)36(30)21-7-5-6-19-16(21)8-9-31-19)33-22-17(14)11-15(32-13-26(27,28)29)12-18(22)25(2,3)4/h5-12,31-32H,13,30H2,1-4H3. The molecule has 0 aliphatic heterocycles. The van der Waals surface area contributed by atoms with Gasteiger partial charge < -0.3 is 14.7 Å². The number of H-pyrrole nitrogens is 1. The first-order valence-corrected chi connectivity index (χ1v) is 11.6. The van der Waals surface area contributed by atoms with Crippen LogP contribution in [0.5, 0.6) is 0 Å². The van der Waals surface area contributed by atoms with Crippen molar-refractivity contribution in [3.05, 3.63) is 59.8 Å². The van der Waals surface area contributed by atoms with Gasteiger partial charge in [-0.2, -0.15) is 13.2 Å². The molecule has 4 N–H and O–H groups in total. The molecule has 0 atom stereocenters. The van der Waals surface area contributed by atoms with E-state index >= 15 is 0 Å². The third-order valence-corrected chi connectivity index (χ3v) is 6.09. The highest BCUT2D eigenvalue weighted by Gasteiger charge is 2.28. The zero-order chi connectivity index (χ0) is 26.5. The molecule has 3 aromatic heterocycles. The summed E-state index contributed by atoms with van der Waals surface area (Å²) in [6.07, 6.45) is -2.51. The first kappa shape index (κ1) is 24.6. The molecular formula is C26H26F3N7O. The fraction of sp³-hybridized carbons (Fsp3) is 0.269. The number of aromatic nitrogens is 4.